The van der Waals surface area contributed by atoms with E-state index in [9.17, 15) is 9.36 Å². The maximum atomic E-state index is 12.2. The van der Waals surface area contributed by atoms with Crippen LogP contribution in [-0.2, 0) is 11.0 Å². The second kappa shape index (κ2) is 6.78. The number of carbonyl (C=O) groups excluding carboxylic acids is 1. The van der Waals surface area contributed by atoms with E-state index in [1.54, 1.807) is 25.1 Å². The van der Waals surface area contributed by atoms with Crippen molar-refractivity contribution >= 4 is 24.9 Å². The summed E-state index contributed by atoms with van der Waals surface area (Å²) in [5.41, 5.74) is 1.90. The standard InChI is InChI=1S/C16H15ClO2P/c1-12-6-5-9-14(17)15(12)16(18)20(19)11-10-13-7-3-2-4-8-13/h2-9H,10-11H2,1H3/q+1. The lowest BCUT2D eigenvalue weighted by Gasteiger charge is -2.00. The van der Waals surface area contributed by atoms with Crippen LogP contribution in [0.1, 0.15) is 21.5 Å². The Kier molecular flexibility index (Phi) is 5.05. The van der Waals surface area contributed by atoms with Gasteiger partial charge < -0.3 is 0 Å². The maximum Gasteiger partial charge on any atom is 0.420 e. The second-order valence-corrected chi connectivity index (χ2v) is 6.59. The molecule has 0 radical (unpaired) electrons. The smallest absolute Gasteiger partial charge is 0.234 e. The summed E-state index contributed by atoms with van der Waals surface area (Å²) in [5, 5.41) is 0.373. The molecule has 0 aliphatic carbocycles. The Morgan fingerprint density at radius 3 is 2.45 bits per heavy atom. The molecule has 0 heterocycles. The van der Waals surface area contributed by atoms with E-state index >= 15 is 0 Å². The molecule has 102 valence electrons. The zero-order valence-corrected chi connectivity index (χ0v) is 12.8. The van der Waals surface area contributed by atoms with Gasteiger partial charge in [-0.1, -0.05) is 58.6 Å². The summed E-state index contributed by atoms with van der Waals surface area (Å²) < 4.78 is 12.2. The van der Waals surface area contributed by atoms with Gasteiger partial charge in [-0.15, -0.1) is 0 Å². The average molecular weight is 306 g/mol. The molecular weight excluding hydrogens is 291 g/mol. The van der Waals surface area contributed by atoms with Crippen LogP contribution in [0.4, 0.5) is 0 Å². The Bertz CT molecular complexity index is 618. The molecule has 20 heavy (non-hydrogen) atoms. The van der Waals surface area contributed by atoms with Gasteiger partial charge in [0.25, 0.3) is 0 Å². The van der Waals surface area contributed by atoms with Crippen LogP contribution in [0.3, 0.4) is 0 Å². The van der Waals surface area contributed by atoms with Gasteiger partial charge >= 0.3 is 13.3 Å². The van der Waals surface area contributed by atoms with Crippen LogP contribution in [-0.4, -0.2) is 11.7 Å². The van der Waals surface area contributed by atoms with Gasteiger partial charge in [0.05, 0.1) is 10.6 Å². The molecule has 2 rings (SSSR count). The predicted molar refractivity (Wildman–Crippen MR) is 83.1 cm³/mol. The van der Waals surface area contributed by atoms with Gasteiger partial charge in [-0.25, -0.2) is 4.79 Å². The Morgan fingerprint density at radius 2 is 1.80 bits per heavy atom. The quantitative estimate of drug-likeness (QED) is 0.739. The van der Waals surface area contributed by atoms with Crippen LogP contribution >= 0.6 is 19.4 Å². The van der Waals surface area contributed by atoms with E-state index < -0.39 is 7.80 Å². The lowest BCUT2D eigenvalue weighted by Crippen LogP contribution is -2.01. The summed E-state index contributed by atoms with van der Waals surface area (Å²) in [4.78, 5) is 12.2. The summed E-state index contributed by atoms with van der Waals surface area (Å²) in [6.07, 6.45) is 0.980. The molecule has 0 aliphatic rings. The summed E-state index contributed by atoms with van der Waals surface area (Å²) in [6, 6.07) is 15.0. The minimum absolute atomic E-state index is 0.348. The molecule has 2 nitrogen and oxygen atoms in total. The Balaban J connectivity index is 2.08. The Labute approximate surface area is 124 Å². The highest BCUT2D eigenvalue weighted by molar-refractivity contribution is 7.64. The number of carbonyl (C=O) groups is 1. The number of rotatable bonds is 5. The zero-order chi connectivity index (χ0) is 14.5. The van der Waals surface area contributed by atoms with Gasteiger partial charge in [0, 0.05) is 6.42 Å². The molecule has 1 atom stereocenters. The first kappa shape index (κ1) is 14.9. The molecule has 0 saturated heterocycles. The first-order valence-corrected chi connectivity index (χ1v) is 8.20. The van der Waals surface area contributed by atoms with Crippen molar-refractivity contribution in [3.8, 4) is 0 Å². The monoisotopic (exact) mass is 305 g/mol. The fourth-order valence-electron chi connectivity index (χ4n) is 2.00. The average Bonchev–Trinajstić information content (AvgIpc) is 2.45. The Morgan fingerprint density at radius 1 is 1.10 bits per heavy atom. The van der Waals surface area contributed by atoms with Crippen LogP contribution in [0.25, 0.3) is 0 Å². The molecule has 2 aromatic carbocycles. The van der Waals surface area contributed by atoms with E-state index in [1.807, 2.05) is 30.3 Å². The number of halogens is 1. The van der Waals surface area contributed by atoms with E-state index in [0.717, 1.165) is 11.1 Å². The van der Waals surface area contributed by atoms with Crippen molar-refractivity contribution in [1.82, 2.24) is 0 Å². The molecule has 0 saturated carbocycles. The van der Waals surface area contributed by atoms with Gasteiger partial charge in [-0.05, 0) is 24.1 Å². The fourth-order valence-corrected chi connectivity index (χ4v) is 3.59. The number of hydrogen-bond donors (Lipinski definition) is 0. The first-order valence-electron chi connectivity index (χ1n) is 6.37. The van der Waals surface area contributed by atoms with Gasteiger partial charge in [0.15, 0.2) is 6.16 Å². The zero-order valence-electron chi connectivity index (χ0n) is 11.2. The van der Waals surface area contributed by atoms with Crippen LogP contribution in [0.2, 0.25) is 5.02 Å². The third-order valence-corrected chi connectivity index (χ3v) is 4.73. The van der Waals surface area contributed by atoms with Gasteiger partial charge in [-0.2, -0.15) is 0 Å². The molecule has 0 fully saturated rings. The highest BCUT2D eigenvalue weighted by Gasteiger charge is 2.32. The topological polar surface area (TPSA) is 34.1 Å². The molecule has 0 aromatic heterocycles. The van der Waals surface area contributed by atoms with Gasteiger partial charge in [0.2, 0.25) is 0 Å². The molecule has 0 bridgehead atoms. The molecule has 0 spiro atoms. The number of hydrogen-bond acceptors (Lipinski definition) is 2. The van der Waals surface area contributed by atoms with Crippen molar-refractivity contribution in [2.24, 2.45) is 0 Å². The molecule has 0 amide bonds. The lowest BCUT2D eigenvalue weighted by atomic mass is 10.1. The highest BCUT2D eigenvalue weighted by Crippen LogP contribution is 2.32. The number of benzene rings is 2. The summed E-state index contributed by atoms with van der Waals surface area (Å²) in [6.45, 7) is 1.81. The van der Waals surface area contributed by atoms with E-state index in [4.69, 9.17) is 11.6 Å². The van der Waals surface area contributed by atoms with Crippen LogP contribution in [0.15, 0.2) is 48.5 Å². The van der Waals surface area contributed by atoms with Crippen LogP contribution < -0.4 is 0 Å². The van der Waals surface area contributed by atoms with Crippen LogP contribution in [0, 0.1) is 6.92 Å². The van der Waals surface area contributed by atoms with E-state index in [2.05, 4.69) is 0 Å². The molecular formula is C16H15ClO2P+. The molecule has 2 aromatic rings. The third kappa shape index (κ3) is 3.53. The maximum absolute atomic E-state index is 12.2. The third-order valence-electron chi connectivity index (χ3n) is 3.11. The van der Waals surface area contributed by atoms with Crippen LogP contribution in [0.5, 0.6) is 0 Å². The minimum atomic E-state index is -1.95. The molecule has 1 unspecified atom stereocenters. The van der Waals surface area contributed by atoms with Crippen molar-refractivity contribution in [3.05, 3.63) is 70.2 Å². The van der Waals surface area contributed by atoms with E-state index in [1.165, 1.54) is 0 Å². The predicted octanol–water partition coefficient (Wildman–Crippen LogP) is 4.86. The Hall–Kier alpha value is -1.50. The minimum Gasteiger partial charge on any atom is -0.234 e. The van der Waals surface area contributed by atoms with Gasteiger partial charge in [-0.3, -0.25) is 0 Å². The lowest BCUT2D eigenvalue weighted by molar-refractivity contribution is 0.107. The van der Waals surface area contributed by atoms with Crippen molar-refractivity contribution < 1.29 is 9.36 Å². The SMILES string of the molecule is Cc1cccc(Cl)c1C(=O)[P+](=O)CCc1ccccc1. The van der Waals surface area contributed by atoms with E-state index in [0.29, 0.717) is 23.2 Å². The fraction of sp³-hybridized carbons (Fsp3) is 0.188. The van der Waals surface area contributed by atoms with Crippen molar-refractivity contribution in [3.63, 3.8) is 0 Å². The van der Waals surface area contributed by atoms with Gasteiger partial charge in [0.1, 0.15) is 0 Å². The molecule has 4 heteroatoms. The van der Waals surface area contributed by atoms with Crippen molar-refractivity contribution in [2.45, 2.75) is 13.3 Å². The molecule has 0 aliphatic heterocycles. The summed E-state index contributed by atoms with van der Waals surface area (Å²) >= 11 is 6.04. The summed E-state index contributed by atoms with van der Waals surface area (Å²) in [7, 11) is -1.95. The first-order chi connectivity index (χ1) is 9.59. The summed E-state index contributed by atoms with van der Waals surface area (Å²) in [5.74, 6) is 0. The highest BCUT2D eigenvalue weighted by atomic mass is 35.5. The number of aryl methyl sites for hydroxylation is 2. The largest absolute Gasteiger partial charge is 0.420 e. The van der Waals surface area contributed by atoms with E-state index in [-0.39, 0.29) is 5.52 Å². The van der Waals surface area contributed by atoms with Crippen molar-refractivity contribution in [1.29, 1.82) is 0 Å². The normalized spacial score (nSPS) is 11.2. The second-order valence-electron chi connectivity index (χ2n) is 4.57. The molecule has 0 N–H and O–H groups in total. The van der Waals surface area contributed by atoms with Crippen molar-refractivity contribution in [2.75, 3.05) is 6.16 Å².